The van der Waals surface area contributed by atoms with E-state index in [4.69, 9.17) is 10.5 Å². The van der Waals surface area contributed by atoms with Crippen molar-refractivity contribution < 1.29 is 13.9 Å². The lowest BCUT2D eigenvalue weighted by Crippen LogP contribution is -2.46. The van der Waals surface area contributed by atoms with Gasteiger partial charge in [-0.2, -0.15) is 0 Å². The number of carbonyl (C=O) groups excluding carboxylic acids is 1. The Hall–Kier alpha value is -0.730. The standard InChI is InChI=1S/C13H16FIN2O2/c14-9-1-2-11(10(15)7-9)17-12(18)13(8-16)3-5-19-6-4-13/h1-2,7H,3-6,8,16H2,(H,17,18). The van der Waals surface area contributed by atoms with Gasteiger partial charge in [0.1, 0.15) is 5.82 Å². The molecule has 1 aliphatic rings. The summed E-state index contributed by atoms with van der Waals surface area (Å²) in [5, 5.41) is 2.85. The molecule has 1 fully saturated rings. The number of carbonyl (C=O) groups is 1. The van der Waals surface area contributed by atoms with Crippen LogP contribution in [0.1, 0.15) is 12.8 Å². The quantitative estimate of drug-likeness (QED) is 0.793. The Morgan fingerprint density at radius 3 is 2.74 bits per heavy atom. The van der Waals surface area contributed by atoms with Crippen molar-refractivity contribution in [3.05, 3.63) is 27.6 Å². The number of rotatable bonds is 3. The Balaban J connectivity index is 2.15. The highest BCUT2D eigenvalue weighted by Gasteiger charge is 2.38. The van der Waals surface area contributed by atoms with Crippen LogP contribution in [-0.2, 0) is 9.53 Å². The highest BCUT2D eigenvalue weighted by Crippen LogP contribution is 2.31. The van der Waals surface area contributed by atoms with Crippen LogP contribution in [0.2, 0.25) is 0 Å². The zero-order valence-corrected chi connectivity index (χ0v) is 12.6. The zero-order chi connectivity index (χ0) is 13.9. The normalized spacial score (nSPS) is 18.1. The molecule has 0 aromatic heterocycles. The van der Waals surface area contributed by atoms with Crippen LogP contribution in [0, 0.1) is 14.8 Å². The molecule has 4 nitrogen and oxygen atoms in total. The van der Waals surface area contributed by atoms with Gasteiger partial charge in [0.05, 0.1) is 11.1 Å². The van der Waals surface area contributed by atoms with Gasteiger partial charge in [-0.15, -0.1) is 0 Å². The van der Waals surface area contributed by atoms with Crippen LogP contribution in [0.15, 0.2) is 18.2 Å². The molecule has 1 aliphatic heterocycles. The Kier molecular flexibility index (Phi) is 4.75. The minimum atomic E-state index is -0.574. The average molecular weight is 378 g/mol. The molecule has 0 atom stereocenters. The zero-order valence-electron chi connectivity index (χ0n) is 10.4. The lowest BCUT2D eigenvalue weighted by Gasteiger charge is -2.34. The summed E-state index contributed by atoms with van der Waals surface area (Å²) in [5.74, 6) is -0.426. The van der Waals surface area contributed by atoms with Crippen molar-refractivity contribution in [1.82, 2.24) is 0 Å². The summed E-state index contributed by atoms with van der Waals surface area (Å²) in [6.07, 6.45) is 1.24. The van der Waals surface area contributed by atoms with E-state index in [1.165, 1.54) is 12.1 Å². The molecule has 1 heterocycles. The van der Waals surface area contributed by atoms with Gasteiger partial charge in [0.15, 0.2) is 0 Å². The van der Waals surface area contributed by atoms with Crippen LogP contribution >= 0.6 is 22.6 Å². The molecular weight excluding hydrogens is 362 g/mol. The highest BCUT2D eigenvalue weighted by molar-refractivity contribution is 14.1. The molecule has 104 valence electrons. The van der Waals surface area contributed by atoms with E-state index < -0.39 is 5.41 Å². The van der Waals surface area contributed by atoms with E-state index >= 15 is 0 Å². The molecule has 0 bridgehead atoms. The number of nitrogens with one attached hydrogen (secondary N) is 1. The number of hydrogen-bond acceptors (Lipinski definition) is 3. The van der Waals surface area contributed by atoms with Crippen LogP contribution in [0.5, 0.6) is 0 Å². The van der Waals surface area contributed by atoms with E-state index in [0.29, 0.717) is 41.9 Å². The predicted octanol–water partition coefficient (Wildman–Crippen LogP) is 2.12. The molecule has 0 spiro atoms. The van der Waals surface area contributed by atoms with Gasteiger partial charge < -0.3 is 15.8 Å². The first kappa shape index (κ1) is 14.7. The summed E-state index contributed by atoms with van der Waals surface area (Å²) in [7, 11) is 0. The molecular formula is C13H16FIN2O2. The van der Waals surface area contributed by atoms with Gasteiger partial charge in [0.25, 0.3) is 0 Å². The topological polar surface area (TPSA) is 64.4 Å². The summed E-state index contributed by atoms with van der Waals surface area (Å²) in [4.78, 5) is 12.4. The fourth-order valence-corrected chi connectivity index (χ4v) is 2.74. The molecule has 1 aromatic rings. The third-order valence-electron chi connectivity index (χ3n) is 3.50. The van der Waals surface area contributed by atoms with Crippen molar-refractivity contribution in [2.45, 2.75) is 12.8 Å². The first-order valence-corrected chi connectivity index (χ1v) is 7.20. The maximum absolute atomic E-state index is 13.0. The number of anilines is 1. The van der Waals surface area contributed by atoms with Gasteiger partial charge in [-0.3, -0.25) is 4.79 Å². The molecule has 1 aromatic carbocycles. The molecule has 0 saturated carbocycles. The Bertz CT molecular complexity index is 476. The van der Waals surface area contributed by atoms with Crippen molar-refractivity contribution in [2.24, 2.45) is 11.1 Å². The van der Waals surface area contributed by atoms with Crippen molar-refractivity contribution in [3.8, 4) is 0 Å². The van der Waals surface area contributed by atoms with Crippen molar-refractivity contribution in [2.75, 3.05) is 25.1 Å². The van der Waals surface area contributed by atoms with E-state index in [2.05, 4.69) is 5.32 Å². The van der Waals surface area contributed by atoms with E-state index in [-0.39, 0.29) is 11.7 Å². The first-order valence-electron chi connectivity index (χ1n) is 6.12. The Morgan fingerprint density at radius 1 is 1.47 bits per heavy atom. The maximum Gasteiger partial charge on any atom is 0.232 e. The first-order chi connectivity index (χ1) is 9.07. The van der Waals surface area contributed by atoms with Crippen LogP contribution in [0.4, 0.5) is 10.1 Å². The summed E-state index contributed by atoms with van der Waals surface area (Å²) in [6.45, 7) is 1.39. The SMILES string of the molecule is NCC1(C(=O)Nc2ccc(F)cc2I)CCOCC1. The van der Waals surface area contributed by atoms with Gasteiger partial charge in [-0.05, 0) is 53.6 Å². The monoisotopic (exact) mass is 378 g/mol. The molecule has 0 radical (unpaired) electrons. The molecule has 19 heavy (non-hydrogen) atoms. The highest BCUT2D eigenvalue weighted by atomic mass is 127. The summed E-state index contributed by atoms with van der Waals surface area (Å²) >= 11 is 2.00. The van der Waals surface area contributed by atoms with Crippen molar-refractivity contribution >= 4 is 34.2 Å². The summed E-state index contributed by atoms with van der Waals surface area (Å²) in [6, 6.07) is 4.28. The lowest BCUT2D eigenvalue weighted by molar-refractivity contribution is -0.130. The van der Waals surface area contributed by atoms with Gasteiger partial charge in [-0.1, -0.05) is 0 Å². The summed E-state index contributed by atoms with van der Waals surface area (Å²) < 4.78 is 19.0. The molecule has 1 amide bonds. The number of hydrogen-bond donors (Lipinski definition) is 2. The van der Waals surface area contributed by atoms with Crippen molar-refractivity contribution in [1.29, 1.82) is 0 Å². The van der Waals surface area contributed by atoms with Gasteiger partial charge in [-0.25, -0.2) is 4.39 Å². The van der Waals surface area contributed by atoms with Crippen LogP contribution in [0.25, 0.3) is 0 Å². The largest absolute Gasteiger partial charge is 0.381 e. The van der Waals surface area contributed by atoms with Crippen LogP contribution in [0.3, 0.4) is 0 Å². The van der Waals surface area contributed by atoms with Gasteiger partial charge in [0, 0.05) is 23.3 Å². The molecule has 3 N–H and O–H groups in total. The van der Waals surface area contributed by atoms with E-state index in [1.807, 2.05) is 22.6 Å². The maximum atomic E-state index is 13.0. The fraction of sp³-hybridized carbons (Fsp3) is 0.462. The van der Waals surface area contributed by atoms with Crippen molar-refractivity contribution in [3.63, 3.8) is 0 Å². The smallest absolute Gasteiger partial charge is 0.232 e. The molecule has 1 saturated heterocycles. The molecule has 6 heteroatoms. The third-order valence-corrected chi connectivity index (χ3v) is 4.39. The number of halogens is 2. The Morgan fingerprint density at radius 2 is 2.16 bits per heavy atom. The average Bonchev–Trinajstić information content (AvgIpc) is 2.42. The molecule has 2 rings (SSSR count). The van der Waals surface area contributed by atoms with E-state index in [9.17, 15) is 9.18 Å². The predicted molar refractivity (Wildman–Crippen MR) is 79.3 cm³/mol. The summed E-state index contributed by atoms with van der Waals surface area (Å²) in [5.41, 5.74) is 5.82. The second kappa shape index (κ2) is 6.15. The molecule has 0 aliphatic carbocycles. The number of nitrogens with two attached hydrogens (primary N) is 1. The minimum Gasteiger partial charge on any atom is -0.381 e. The number of ether oxygens (including phenoxy) is 1. The van der Waals surface area contributed by atoms with Crippen LogP contribution in [-0.4, -0.2) is 25.7 Å². The Labute approximate surface area is 125 Å². The molecule has 0 unspecified atom stereocenters. The number of benzene rings is 1. The second-order valence-electron chi connectivity index (χ2n) is 4.68. The van der Waals surface area contributed by atoms with E-state index in [0.717, 1.165) is 0 Å². The number of amides is 1. The fourth-order valence-electron chi connectivity index (χ4n) is 2.13. The minimum absolute atomic E-state index is 0.108. The second-order valence-corrected chi connectivity index (χ2v) is 5.84. The van der Waals surface area contributed by atoms with E-state index in [1.54, 1.807) is 6.07 Å². The lowest BCUT2D eigenvalue weighted by atomic mass is 9.79. The van der Waals surface area contributed by atoms with Gasteiger partial charge in [0.2, 0.25) is 5.91 Å². The van der Waals surface area contributed by atoms with Gasteiger partial charge >= 0.3 is 0 Å². The third kappa shape index (κ3) is 3.24. The van der Waals surface area contributed by atoms with Crippen LogP contribution < -0.4 is 11.1 Å².